The van der Waals surface area contributed by atoms with Crippen LogP contribution < -0.4 is 9.64 Å². The summed E-state index contributed by atoms with van der Waals surface area (Å²) in [4.78, 5) is 13.0. The van der Waals surface area contributed by atoms with Crippen LogP contribution in [0.3, 0.4) is 0 Å². The summed E-state index contributed by atoms with van der Waals surface area (Å²) in [6, 6.07) is 12.8. The highest BCUT2D eigenvalue weighted by Crippen LogP contribution is 2.27. The molecule has 28 heavy (non-hydrogen) atoms. The van der Waals surface area contributed by atoms with Crippen LogP contribution in [0.2, 0.25) is 0 Å². The maximum Gasteiger partial charge on any atom is 0.511 e. The van der Waals surface area contributed by atoms with E-state index in [1.165, 1.54) is 18.3 Å². The topological polar surface area (TPSA) is 98.1 Å². The molecule has 0 atom stereocenters. The van der Waals surface area contributed by atoms with E-state index in [0.717, 1.165) is 22.7 Å². The molecule has 0 spiro atoms. The molecular formula is C19H18N2O6S. The molecule has 0 amide bonds. The van der Waals surface area contributed by atoms with Gasteiger partial charge in [-0.3, -0.25) is 0 Å². The third kappa shape index (κ3) is 3.41. The fourth-order valence-corrected chi connectivity index (χ4v) is 4.57. The van der Waals surface area contributed by atoms with Crippen LogP contribution in [0.4, 0.5) is 10.5 Å². The lowest BCUT2D eigenvalue weighted by atomic mass is 10.2. The summed E-state index contributed by atoms with van der Waals surface area (Å²) < 4.78 is 37.3. The first-order chi connectivity index (χ1) is 13.4. The van der Waals surface area contributed by atoms with Crippen molar-refractivity contribution in [3.05, 3.63) is 54.7 Å². The second kappa shape index (κ2) is 7.17. The molecule has 0 saturated carbocycles. The summed E-state index contributed by atoms with van der Waals surface area (Å²) in [5.41, 5.74) is 1.28. The summed E-state index contributed by atoms with van der Waals surface area (Å²) >= 11 is 0. The van der Waals surface area contributed by atoms with Crippen molar-refractivity contribution in [1.29, 1.82) is 0 Å². The molecule has 2 heterocycles. The highest BCUT2D eigenvalue weighted by molar-refractivity contribution is 7.90. The van der Waals surface area contributed by atoms with Gasteiger partial charge in [0.15, 0.2) is 0 Å². The number of rotatable bonds is 4. The van der Waals surface area contributed by atoms with E-state index in [0.29, 0.717) is 24.1 Å². The molecule has 9 heteroatoms. The maximum atomic E-state index is 13.1. The van der Waals surface area contributed by atoms with Crippen molar-refractivity contribution in [3.8, 4) is 5.75 Å². The number of aromatic nitrogens is 1. The summed E-state index contributed by atoms with van der Waals surface area (Å²) in [5, 5.41) is 9.43. The van der Waals surface area contributed by atoms with Crippen LogP contribution in [0.15, 0.2) is 59.6 Å². The molecule has 4 rings (SSSR count). The lowest BCUT2D eigenvalue weighted by Crippen LogP contribution is -2.36. The number of carboxylic acid groups (broad SMARTS) is 1. The molecule has 1 fully saturated rings. The van der Waals surface area contributed by atoms with Gasteiger partial charge in [0.25, 0.3) is 10.0 Å². The number of hydrogen-bond acceptors (Lipinski definition) is 6. The van der Waals surface area contributed by atoms with Gasteiger partial charge in [0.2, 0.25) is 0 Å². The molecular weight excluding hydrogens is 384 g/mol. The van der Waals surface area contributed by atoms with Gasteiger partial charge in [-0.25, -0.2) is 17.2 Å². The first-order valence-electron chi connectivity index (χ1n) is 8.65. The Morgan fingerprint density at radius 3 is 2.43 bits per heavy atom. The summed E-state index contributed by atoms with van der Waals surface area (Å²) in [6.07, 6.45) is -0.0144. The van der Waals surface area contributed by atoms with Crippen molar-refractivity contribution in [2.24, 2.45) is 0 Å². The highest BCUT2D eigenvalue weighted by atomic mass is 32.2. The Balaban J connectivity index is 1.68. The number of morpholine rings is 1. The van der Waals surface area contributed by atoms with Gasteiger partial charge in [0, 0.05) is 36.4 Å². The first-order valence-corrected chi connectivity index (χ1v) is 10.1. The van der Waals surface area contributed by atoms with Gasteiger partial charge in [-0.05, 0) is 42.5 Å². The third-order valence-electron chi connectivity index (χ3n) is 4.60. The quantitative estimate of drug-likeness (QED) is 0.529. The molecule has 1 aliphatic heterocycles. The number of anilines is 1. The second-order valence-corrected chi connectivity index (χ2v) is 8.11. The monoisotopic (exact) mass is 402 g/mol. The molecule has 3 aromatic rings. The number of nitrogens with zero attached hydrogens (tertiary/aromatic N) is 2. The predicted octanol–water partition coefficient (Wildman–Crippen LogP) is 2.77. The van der Waals surface area contributed by atoms with Crippen LogP contribution in [-0.2, 0) is 14.8 Å². The van der Waals surface area contributed by atoms with Crippen molar-refractivity contribution in [2.75, 3.05) is 31.2 Å². The van der Waals surface area contributed by atoms with E-state index in [-0.39, 0.29) is 10.6 Å². The smallest absolute Gasteiger partial charge is 0.449 e. The molecule has 1 aromatic heterocycles. The van der Waals surface area contributed by atoms with E-state index in [4.69, 9.17) is 9.84 Å². The second-order valence-electron chi connectivity index (χ2n) is 6.30. The lowest BCUT2D eigenvalue weighted by Gasteiger charge is -2.28. The summed E-state index contributed by atoms with van der Waals surface area (Å²) in [5.74, 6) is 0.0535. The Morgan fingerprint density at radius 1 is 1.04 bits per heavy atom. The molecule has 0 bridgehead atoms. The fraction of sp³-hybridized carbons (Fsp3) is 0.211. The average Bonchev–Trinajstić information content (AvgIpc) is 3.12. The zero-order chi connectivity index (χ0) is 19.7. The number of hydrogen-bond donors (Lipinski definition) is 1. The van der Waals surface area contributed by atoms with Crippen LogP contribution >= 0.6 is 0 Å². The average molecular weight is 402 g/mol. The molecule has 8 nitrogen and oxygen atoms in total. The summed E-state index contributed by atoms with van der Waals surface area (Å²) in [6.45, 7) is 2.83. The van der Waals surface area contributed by atoms with E-state index < -0.39 is 16.2 Å². The van der Waals surface area contributed by atoms with E-state index in [1.807, 2.05) is 0 Å². The minimum atomic E-state index is -3.84. The predicted molar refractivity (Wildman–Crippen MR) is 103 cm³/mol. The minimum absolute atomic E-state index is 0.0535. The van der Waals surface area contributed by atoms with Crippen molar-refractivity contribution < 1.29 is 27.8 Å². The van der Waals surface area contributed by atoms with Crippen LogP contribution in [0.1, 0.15) is 0 Å². The van der Waals surface area contributed by atoms with Crippen LogP contribution in [-0.4, -0.2) is 50.0 Å². The van der Waals surface area contributed by atoms with Gasteiger partial charge in [0.05, 0.1) is 23.6 Å². The Hall–Kier alpha value is -3.04. The first kappa shape index (κ1) is 18.3. The Kier molecular flexibility index (Phi) is 4.70. The van der Waals surface area contributed by atoms with Gasteiger partial charge in [-0.2, -0.15) is 0 Å². The number of ether oxygens (including phenoxy) is 2. The van der Waals surface area contributed by atoms with Gasteiger partial charge in [-0.15, -0.1) is 0 Å². The summed E-state index contributed by atoms with van der Waals surface area (Å²) in [7, 11) is -3.84. The molecule has 0 radical (unpaired) electrons. The van der Waals surface area contributed by atoms with E-state index in [2.05, 4.69) is 9.64 Å². The lowest BCUT2D eigenvalue weighted by molar-refractivity contribution is 0.122. The van der Waals surface area contributed by atoms with Gasteiger partial charge >= 0.3 is 6.16 Å². The molecule has 1 aliphatic rings. The molecule has 1 N–H and O–H groups in total. The molecule has 1 saturated heterocycles. The van der Waals surface area contributed by atoms with Crippen LogP contribution in [0.5, 0.6) is 5.75 Å². The molecule has 2 aromatic carbocycles. The number of carbonyl (C=O) groups is 1. The molecule has 146 valence electrons. The van der Waals surface area contributed by atoms with Crippen molar-refractivity contribution in [1.82, 2.24) is 3.97 Å². The third-order valence-corrected chi connectivity index (χ3v) is 6.31. The van der Waals surface area contributed by atoms with Gasteiger partial charge < -0.3 is 19.5 Å². The highest BCUT2D eigenvalue weighted by Gasteiger charge is 2.20. The fourth-order valence-electron chi connectivity index (χ4n) is 3.22. The Morgan fingerprint density at radius 2 is 1.75 bits per heavy atom. The van der Waals surface area contributed by atoms with Crippen molar-refractivity contribution in [2.45, 2.75) is 4.90 Å². The van der Waals surface area contributed by atoms with Gasteiger partial charge in [-0.1, -0.05) is 0 Å². The van der Waals surface area contributed by atoms with E-state index in [9.17, 15) is 13.2 Å². The number of fused-ring (bicyclic) bond motifs is 1. The maximum absolute atomic E-state index is 13.1. The molecule has 0 aliphatic carbocycles. The Labute approximate surface area is 161 Å². The van der Waals surface area contributed by atoms with Crippen molar-refractivity contribution >= 4 is 32.8 Å². The zero-order valence-corrected chi connectivity index (χ0v) is 15.6. The minimum Gasteiger partial charge on any atom is -0.449 e. The van der Waals surface area contributed by atoms with E-state index in [1.54, 1.807) is 36.4 Å². The standard InChI is InChI=1S/C19H18N2O6S/c22-19(23)27-16-4-1-14-7-8-21(18(14)13-16)28(24,25)17-5-2-15(3-6-17)20-9-11-26-12-10-20/h1-8,13H,9-12H2,(H,22,23). The van der Waals surface area contributed by atoms with Crippen LogP contribution in [0, 0.1) is 0 Å². The molecule has 0 unspecified atom stereocenters. The van der Waals surface area contributed by atoms with E-state index >= 15 is 0 Å². The number of benzene rings is 2. The Bertz CT molecular complexity index is 1120. The zero-order valence-electron chi connectivity index (χ0n) is 14.8. The normalized spacial score (nSPS) is 14.9. The largest absolute Gasteiger partial charge is 0.511 e. The van der Waals surface area contributed by atoms with Crippen LogP contribution in [0.25, 0.3) is 10.9 Å². The SMILES string of the molecule is O=C(O)Oc1ccc2ccn(S(=O)(=O)c3ccc(N4CCOCC4)cc3)c2c1. The van der Waals surface area contributed by atoms with Gasteiger partial charge in [0.1, 0.15) is 5.75 Å². The van der Waals surface area contributed by atoms with Crippen molar-refractivity contribution in [3.63, 3.8) is 0 Å².